The quantitative estimate of drug-likeness (QED) is 0.451. The molecule has 0 atom stereocenters. The van der Waals surface area contributed by atoms with E-state index >= 15 is 0 Å². The minimum absolute atomic E-state index is 0.0771. The Kier molecular flexibility index (Phi) is 4.48. The van der Waals surface area contributed by atoms with Gasteiger partial charge in [-0.15, -0.1) is 11.8 Å². The van der Waals surface area contributed by atoms with Crippen LogP contribution >= 0.6 is 11.8 Å². The smallest absolute Gasteiger partial charge is 0.255 e. The second-order valence-electron chi connectivity index (χ2n) is 6.83. The van der Waals surface area contributed by atoms with Crippen molar-refractivity contribution in [2.45, 2.75) is 4.90 Å². The van der Waals surface area contributed by atoms with Crippen molar-refractivity contribution in [3.63, 3.8) is 0 Å². The third kappa shape index (κ3) is 3.53. The van der Waals surface area contributed by atoms with Crippen LogP contribution in [0.15, 0.2) is 65.6 Å². The number of anilines is 2. The van der Waals surface area contributed by atoms with Gasteiger partial charge in [0.2, 0.25) is 5.91 Å². The van der Waals surface area contributed by atoms with Gasteiger partial charge < -0.3 is 15.6 Å². The molecule has 2 amide bonds. The molecule has 0 bridgehead atoms. The summed E-state index contributed by atoms with van der Waals surface area (Å²) >= 11 is 1.45. The number of aromatic nitrogens is 2. The molecule has 0 saturated carbocycles. The zero-order valence-corrected chi connectivity index (χ0v) is 16.3. The van der Waals surface area contributed by atoms with Crippen LogP contribution in [0.5, 0.6) is 0 Å². The molecule has 0 radical (unpaired) electrons. The lowest BCUT2D eigenvalue weighted by atomic mass is 10.1. The van der Waals surface area contributed by atoms with E-state index in [1.165, 1.54) is 23.9 Å². The van der Waals surface area contributed by atoms with Gasteiger partial charge in [0.25, 0.3) is 5.91 Å². The maximum Gasteiger partial charge on any atom is 0.255 e. The lowest BCUT2D eigenvalue weighted by molar-refractivity contribution is -0.113. The van der Waals surface area contributed by atoms with E-state index in [0.29, 0.717) is 28.5 Å². The highest BCUT2D eigenvalue weighted by Gasteiger charge is 2.17. The first-order valence-electron chi connectivity index (χ1n) is 9.19. The molecule has 2 heterocycles. The van der Waals surface area contributed by atoms with E-state index in [2.05, 4.69) is 20.6 Å². The fourth-order valence-electron chi connectivity index (χ4n) is 3.26. The third-order valence-corrected chi connectivity index (χ3v) is 5.81. The highest BCUT2D eigenvalue weighted by Crippen LogP contribution is 2.32. The number of nitrogens with one attached hydrogen (secondary N) is 3. The van der Waals surface area contributed by atoms with Crippen molar-refractivity contribution in [2.24, 2.45) is 0 Å². The Hall–Kier alpha value is -3.65. The summed E-state index contributed by atoms with van der Waals surface area (Å²) in [5.41, 5.74) is 3.97. The molecule has 0 fully saturated rings. The molecule has 0 aliphatic carbocycles. The maximum absolute atomic E-state index is 13.1. The number of nitrogens with zero attached hydrogens (tertiary/aromatic N) is 1. The highest BCUT2D eigenvalue weighted by molar-refractivity contribution is 8.00. The summed E-state index contributed by atoms with van der Waals surface area (Å²) in [6.45, 7) is 0. The Balaban J connectivity index is 1.39. The Morgan fingerprint density at radius 3 is 2.73 bits per heavy atom. The van der Waals surface area contributed by atoms with E-state index in [1.807, 2.05) is 6.07 Å². The van der Waals surface area contributed by atoms with Gasteiger partial charge in [0.15, 0.2) is 0 Å². The van der Waals surface area contributed by atoms with Crippen LogP contribution in [0, 0.1) is 5.82 Å². The largest absolute Gasteiger partial charge is 0.338 e. The molecule has 0 spiro atoms. The summed E-state index contributed by atoms with van der Waals surface area (Å²) in [6.07, 6.45) is 0. The molecule has 148 valence electrons. The first-order valence-corrected chi connectivity index (χ1v) is 10.2. The number of imidazole rings is 1. The van der Waals surface area contributed by atoms with Crippen LogP contribution in [0.2, 0.25) is 0 Å². The molecule has 3 aromatic carbocycles. The number of rotatable bonds is 3. The molecule has 5 rings (SSSR count). The van der Waals surface area contributed by atoms with E-state index in [4.69, 9.17) is 0 Å². The van der Waals surface area contributed by atoms with Gasteiger partial charge in [-0.3, -0.25) is 9.59 Å². The van der Waals surface area contributed by atoms with Crippen molar-refractivity contribution in [3.05, 3.63) is 72.0 Å². The lowest BCUT2D eigenvalue weighted by Gasteiger charge is -2.17. The zero-order chi connectivity index (χ0) is 20.7. The number of benzene rings is 3. The van der Waals surface area contributed by atoms with Gasteiger partial charge in [0.1, 0.15) is 11.6 Å². The van der Waals surface area contributed by atoms with Gasteiger partial charge in [0.05, 0.1) is 22.5 Å². The molecule has 1 aromatic heterocycles. The molecular formula is C22H15FN4O2S. The van der Waals surface area contributed by atoms with E-state index in [1.54, 1.807) is 42.5 Å². The highest BCUT2D eigenvalue weighted by atomic mass is 32.2. The third-order valence-electron chi connectivity index (χ3n) is 4.73. The van der Waals surface area contributed by atoms with E-state index in [0.717, 1.165) is 21.5 Å². The summed E-state index contributed by atoms with van der Waals surface area (Å²) in [7, 11) is 0. The number of amides is 2. The van der Waals surface area contributed by atoms with Crippen LogP contribution in [0.25, 0.3) is 22.4 Å². The molecule has 0 unspecified atom stereocenters. The number of fused-ring (bicyclic) bond motifs is 2. The van der Waals surface area contributed by atoms with Crippen LogP contribution in [-0.2, 0) is 4.79 Å². The Labute approximate surface area is 174 Å². The van der Waals surface area contributed by atoms with Crippen molar-refractivity contribution < 1.29 is 14.0 Å². The predicted molar refractivity (Wildman–Crippen MR) is 115 cm³/mol. The molecule has 1 aliphatic heterocycles. The van der Waals surface area contributed by atoms with Gasteiger partial charge in [-0.25, -0.2) is 9.37 Å². The number of aromatic amines is 1. The van der Waals surface area contributed by atoms with Crippen molar-refractivity contribution in [1.29, 1.82) is 0 Å². The van der Waals surface area contributed by atoms with Gasteiger partial charge in [-0.05, 0) is 60.7 Å². The molecule has 1 aliphatic rings. The van der Waals surface area contributed by atoms with E-state index in [9.17, 15) is 14.0 Å². The van der Waals surface area contributed by atoms with Crippen molar-refractivity contribution in [1.82, 2.24) is 9.97 Å². The molecule has 3 N–H and O–H groups in total. The minimum Gasteiger partial charge on any atom is -0.338 e. The standard InChI is InChI=1S/C22H15FN4O2S/c23-14-4-1-12(2-5-14)21-26-16-7-6-15(10-17(16)27-21)24-22(29)13-3-8-19-18(9-13)25-20(28)11-30-19/h1-10H,11H2,(H,24,29)(H,25,28)(H,26,27). The number of carbonyl (C=O) groups excluding carboxylic acids is 2. The molecule has 8 heteroatoms. The number of hydrogen-bond donors (Lipinski definition) is 3. The molecule has 4 aromatic rings. The fraction of sp³-hybridized carbons (Fsp3) is 0.0455. The minimum atomic E-state index is -0.305. The van der Waals surface area contributed by atoms with E-state index < -0.39 is 0 Å². The molecule has 6 nitrogen and oxygen atoms in total. The summed E-state index contributed by atoms with van der Waals surface area (Å²) < 4.78 is 13.1. The zero-order valence-electron chi connectivity index (χ0n) is 15.5. The predicted octanol–water partition coefficient (Wildman–Crippen LogP) is 4.67. The average Bonchev–Trinajstić information content (AvgIpc) is 3.17. The molecule has 0 saturated heterocycles. The van der Waals surface area contributed by atoms with Crippen LogP contribution in [0.3, 0.4) is 0 Å². The fourth-order valence-corrected chi connectivity index (χ4v) is 4.05. The van der Waals surface area contributed by atoms with Crippen molar-refractivity contribution in [3.8, 4) is 11.4 Å². The number of carbonyl (C=O) groups is 2. The Morgan fingerprint density at radius 1 is 1.07 bits per heavy atom. The normalized spacial score (nSPS) is 13.0. The number of halogens is 1. The summed E-state index contributed by atoms with van der Waals surface area (Å²) in [6, 6.07) is 16.7. The monoisotopic (exact) mass is 418 g/mol. The van der Waals surface area contributed by atoms with Crippen LogP contribution in [0.4, 0.5) is 15.8 Å². The second kappa shape index (κ2) is 7.31. The van der Waals surface area contributed by atoms with Gasteiger partial charge in [-0.2, -0.15) is 0 Å². The topological polar surface area (TPSA) is 86.9 Å². The lowest BCUT2D eigenvalue weighted by Crippen LogP contribution is -2.19. The Morgan fingerprint density at radius 2 is 1.90 bits per heavy atom. The first-order chi connectivity index (χ1) is 14.5. The van der Waals surface area contributed by atoms with Gasteiger partial charge >= 0.3 is 0 Å². The summed E-state index contributed by atoms with van der Waals surface area (Å²) in [5, 5.41) is 5.66. The van der Waals surface area contributed by atoms with Crippen molar-refractivity contribution in [2.75, 3.05) is 16.4 Å². The van der Waals surface area contributed by atoms with Crippen LogP contribution in [-0.4, -0.2) is 27.5 Å². The Bertz CT molecular complexity index is 1300. The van der Waals surface area contributed by atoms with Gasteiger partial charge in [0, 0.05) is 21.7 Å². The van der Waals surface area contributed by atoms with Crippen molar-refractivity contribution >= 4 is 46.0 Å². The number of H-pyrrole nitrogens is 1. The second-order valence-corrected chi connectivity index (χ2v) is 7.84. The summed E-state index contributed by atoms with van der Waals surface area (Å²) in [5.74, 6) is 0.339. The number of thioether (sulfide) groups is 1. The first kappa shape index (κ1) is 18.4. The van der Waals surface area contributed by atoms with Crippen LogP contribution < -0.4 is 10.6 Å². The molecular weight excluding hydrogens is 403 g/mol. The number of hydrogen-bond acceptors (Lipinski definition) is 4. The van der Waals surface area contributed by atoms with Gasteiger partial charge in [-0.1, -0.05) is 0 Å². The molecule has 30 heavy (non-hydrogen) atoms. The van der Waals surface area contributed by atoms with E-state index in [-0.39, 0.29) is 17.6 Å². The SMILES string of the molecule is O=C1CSc2ccc(C(=O)Nc3ccc4nc(-c5ccc(F)cc5)[nH]c4c3)cc2N1. The average molecular weight is 418 g/mol. The maximum atomic E-state index is 13.1. The summed E-state index contributed by atoms with van der Waals surface area (Å²) in [4.78, 5) is 32.9. The van der Waals surface area contributed by atoms with Crippen LogP contribution in [0.1, 0.15) is 10.4 Å².